The fraction of sp³-hybridized carbons (Fsp3) is 0.250. The van der Waals surface area contributed by atoms with Gasteiger partial charge in [-0.15, -0.1) is 0 Å². The van der Waals surface area contributed by atoms with Crippen molar-refractivity contribution in [1.29, 1.82) is 0 Å². The second-order valence-electron chi connectivity index (χ2n) is 5.18. The number of piperazine rings is 1. The van der Waals surface area contributed by atoms with Crippen LogP contribution in [0.2, 0.25) is 0 Å². The van der Waals surface area contributed by atoms with Crippen LogP contribution in [0, 0.1) is 5.82 Å². The summed E-state index contributed by atoms with van der Waals surface area (Å²) in [7, 11) is -3.62. The first-order valence-corrected chi connectivity index (χ1v) is 8.57. The van der Waals surface area contributed by atoms with Crippen LogP contribution >= 0.6 is 0 Å². The first-order chi connectivity index (χ1) is 10.6. The molecule has 0 amide bonds. The van der Waals surface area contributed by atoms with E-state index in [1.54, 1.807) is 0 Å². The summed E-state index contributed by atoms with van der Waals surface area (Å²) >= 11 is 0. The zero-order valence-corrected chi connectivity index (χ0v) is 12.8. The van der Waals surface area contributed by atoms with Gasteiger partial charge in [0.05, 0.1) is 4.90 Å². The third-order valence-electron chi connectivity index (χ3n) is 3.79. The first-order valence-electron chi connectivity index (χ1n) is 7.13. The van der Waals surface area contributed by atoms with Crippen LogP contribution in [0.1, 0.15) is 0 Å². The quantitative estimate of drug-likeness (QED) is 0.871. The molecule has 4 nitrogen and oxygen atoms in total. The molecule has 6 heteroatoms. The minimum Gasteiger partial charge on any atom is -0.369 e. The molecule has 1 aliphatic rings. The number of hydrogen-bond acceptors (Lipinski definition) is 3. The Bertz CT molecular complexity index is 742. The zero-order valence-electron chi connectivity index (χ0n) is 12.0. The number of hydrogen-bond donors (Lipinski definition) is 0. The molecule has 0 bridgehead atoms. The molecule has 0 atom stereocenters. The zero-order chi connectivity index (χ0) is 15.6. The van der Waals surface area contributed by atoms with Gasteiger partial charge in [0.2, 0.25) is 10.0 Å². The van der Waals surface area contributed by atoms with Crippen molar-refractivity contribution in [3.8, 4) is 0 Å². The lowest BCUT2D eigenvalue weighted by Gasteiger charge is -2.35. The van der Waals surface area contributed by atoms with Gasteiger partial charge in [0.15, 0.2) is 0 Å². The number of rotatable bonds is 3. The van der Waals surface area contributed by atoms with Crippen molar-refractivity contribution < 1.29 is 12.8 Å². The molecule has 0 aliphatic carbocycles. The van der Waals surface area contributed by atoms with Crippen LogP contribution in [0.25, 0.3) is 0 Å². The Balaban J connectivity index is 1.73. The van der Waals surface area contributed by atoms with Crippen LogP contribution in [0.15, 0.2) is 59.5 Å². The van der Waals surface area contributed by atoms with E-state index in [-0.39, 0.29) is 4.90 Å². The number of sulfonamides is 1. The molecule has 1 saturated heterocycles. The molecule has 0 spiro atoms. The van der Waals surface area contributed by atoms with E-state index in [1.165, 1.54) is 22.5 Å². The first kappa shape index (κ1) is 15.0. The summed E-state index contributed by atoms with van der Waals surface area (Å²) in [6, 6.07) is 15.1. The van der Waals surface area contributed by atoms with Gasteiger partial charge >= 0.3 is 0 Å². The van der Waals surface area contributed by atoms with Crippen molar-refractivity contribution in [3.63, 3.8) is 0 Å². The smallest absolute Gasteiger partial charge is 0.243 e. The van der Waals surface area contributed by atoms with Crippen LogP contribution in [0.3, 0.4) is 0 Å². The third-order valence-corrected chi connectivity index (χ3v) is 5.69. The van der Waals surface area contributed by atoms with Crippen molar-refractivity contribution in [1.82, 2.24) is 4.31 Å². The van der Waals surface area contributed by atoms with Gasteiger partial charge in [-0.3, -0.25) is 0 Å². The maximum Gasteiger partial charge on any atom is 0.243 e. The van der Waals surface area contributed by atoms with E-state index >= 15 is 0 Å². The Kier molecular flexibility index (Phi) is 4.13. The topological polar surface area (TPSA) is 40.6 Å². The van der Waals surface area contributed by atoms with E-state index in [2.05, 4.69) is 4.90 Å². The van der Waals surface area contributed by atoms with E-state index in [0.29, 0.717) is 26.2 Å². The fourth-order valence-electron chi connectivity index (χ4n) is 2.60. The number of anilines is 1. The molecule has 0 unspecified atom stereocenters. The van der Waals surface area contributed by atoms with Gasteiger partial charge in [0.1, 0.15) is 5.82 Å². The molecular weight excluding hydrogens is 303 g/mol. The van der Waals surface area contributed by atoms with Gasteiger partial charge in [-0.2, -0.15) is 4.31 Å². The average molecular weight is 320 g/mol. The molecule has 116 valence electrons. The van der Waals surface area contributed by atoms with Gasteiger partial charge in [-0.05, 0) is 30.3 Å². The minimum absolute atomic E-state index is 0.0145. The van der Waals surface area contributed by atoms with Gasteiger partial charge in [-0.1, -0.05) is 24.3 Å². The average Bonchev–Trinajstić information content (AvgIpc) is 2.56. The molecular formula is C16H17FN2O2S. The summed E-state index contributed by atoms with van der Waals surface area (Å²) in [5.74, 6) is -0.538. The molecule has 1 fully saturated rings. The predicted molar refractivity (Wildman–Crippen MR) is 83.8 cm³/mol. The van der Waals surface area contributed by atoms with E-state index in [0.717, 1.165) is 11.8 Å². The summed E-state index contributed by atoms with van der Waals surface area (Å²) in [5, 5.41) is 0. The summed E-state index contributed by atoms with van der Waals surface area (Å²) in [4.78, 5) is 2.16. The number of benzene rings is 2. The second kappa shape index (κ2) is 6.06. The normalized spacial score (nSPS) is 16.7. The molecule has 1 heterocycles. The van der Waals surface area contributed by atoms with Gasteiger partial charge in [-0.25, -0.2) is 12.8 Å². The van der Waals surface area contributed by atoms with Crippen LogP contribution in [-0.2, 0) is 10.0 Å². The minimum atomic E-state index is -3.62. The molecule has 0 aromatic heterocycles. The van der Waals surface area contributed by atoms with Crippen LogP contribution in [0.5, 0.6) is 0 Å². The number of para-hydroxylation sites is 1. The van der Waals surface area contributed by atoms with Crippen molar-refractivity contribution in [3.05, 3.63) is 60.4 Å². The lowest BCUT2D eigenvalue weighted by atomic mass is 10.2. The van der Waals surface area contributed by atoms with Gasteiger partial charge in [0.25, 0.3) is 0 Å². The molecule has 2 aromatic carbocycles. The molecule has 0 N–H and O–H groups in total. The SMILES string of the molecule is O=S(=O)(c1cccc(F)c1)N1CCN(c2ccccc2)CC1. The van der Waals surface area contributed by atoms with E-state index in [1.807, 2.05) is 30.3 Å². The van der Waals surface area contributed by atoms with E-state index < -0.39 is 15.8 Å². The number of halogens is 1. The van der Waals surface area contributed by atoms with Crippen LogP contribution in [-0.4, -0.2) is 38.9 Å². The van der Waals surface area contributed by atoms with Gasteiger partial charge < -0.3 is 4.90 Å². The summed E-state index contributed by atoms with van der Waals surface area (Å²) in [6.07, 6.45) is 0. The Morgan fingerprint density at radius 2 is 1.55 bits per heavy atom. The lowest BCUT2D eigenvalue weighted by Crippen LogP contribution is -2.48. The second-order valence-corrected chi connectivity index (χ2v) is 7.12. The van der Waals surface area contributed by atoms with Crippen molar-refractivity contribution >= 4 is 15.7 Å². The molecule has 0 saturated carbocycles. The Morgan fingerprint density at radius 1 is 0.864 bits per heavy atom. The van der Waals surface area contributed by atoms with Crippen molar-refractivity contribution in [2.45, 2.75) is 4.90 Å². The summed E-state index contributed by atoms with van der Waals surface area (Å²) in [5.41, 5.74) is 1.09. The Labute approximate surface area is 129 Å². The van der Waals surface area contributed by atoms with Gasteiger partial charge in [0, 0.05) is 31.9 Å². The maximum atomic E-state index is 13.3. The summed E-state index contributed by atoms with van der Waals surface area (Å²) in [6.45, 7) is 2.04. The molecule has 3 rings (SSSR count). The highest BCUT2D eigenvalue weighted by Crippen LogP contribution is 2.21. The van der Waals surface area contributed by atoms with Crippen molar-refractivity contribution in [2.24, 2.45) is 0 Å². The monoisotopic (exact) mass is 320 g/mol. The maximum absolute atomic E-state index is 13.3. The fourth-order valence-corrected chi connectivity index (χ4v) is 4.06. The highest BCUT2D eigenvalue weighted by atomic mass is 32.2. The standard InChI is InChI=1S/C16H17FN2O2S/c17-14-5-4-8-16(13-14)22(20,21)19-11-9-18(10-12-19)15-6-2-1-3-7-15/h1-8,13H,9-12H2. The number of nitrogens with zero attached hydrogens (tertiary/aromatic N) is 2. The largest absolute Gasteiger partial charge is 0.369 e. The Hall–Kier alpha value is -1.92. The van der Waals surface area contributed by atoms with E-state index in [9.17, 15) is 12.8 Å². The van der Waals surface area contributed by atoms with Crippen molar-refractivity contribution in [2.75, 3.05) is 31.1 Å². The Morgan fingerprint density at radius 3 is 2.18 bits per heavy atom. The predicted octanol–water partition coefficient (Wildman–Crippen LogP) is 2.34. The summed E-state index contributed by atoms with van der Waals surface area (Å²) < 4.78 is 39.7. The molecule has 2 aromatic rings. The molecule has 22 heavy (non-hydrogen) atoms. The van der Waals surface area contributed by atoms with Crippen LogP contribution in [0.4, 0.5) is 10.1 Å². The highest BCUT2D eigenvalue weighted by Gasteiger charge is 2.28. The van der Waals surface area contributed by atoms with E-state index in [4.69, 9.17) is 0 Å². The highest BCUT2D eigenvalue weighted by molar-refractivity contribution is 7.89. The molecule has 1 aliphatic heterocycles. The lowest BCUT2D eigenvalue weighted by molar-refractivity contribution is 0.384. The van der Waals surface area contributed by atoms with Crippen LogP contribution < -0.4 is 4.90 Å². The molecule has 0 radical (unpaired) electrons. The third kappa shape index (κ3) is 2.98.